The Morgan fingerprint density at radius 1 is 0.590 bits per heavy atom. The lowest BCUT2D eigenvalue weighted by molar-refractivity contribution is -0.114. The van der Waals surface area contributed by atoms with Gasteiger partial charge in [-0.1, -0.05) is 104 Å². The summed E-state index contributed by atoms with van der Waals surface area (Å²) >= 11 is 0. The number of carbonyl (C=O) groups excluding carboxylic acids is 1. The molecule has 0 aliphatic carbocycles. The molecule has 0 N–H and O–H groups in total. The topological polar surface area (TPSA) is 23.6 Å². The molecule has 0 fully saturated rings. The molecule has 5 aromatic rings. The van der Waals surface area contributed by atoms with Crippen LogP contribution in [-0.2, 0) is 4.79 Å². The van der Waals surface area contributed by atoms with E-state index in [9.17, 15) is 4.79 Å². The quantitative estimate of drug-likeness (QED) is 0.204. The summed E-state index contributed by atoms with van der Waals surface area (Å²) in [5.74, 6) is -0.145. The molecule has 0 aliphatic rings. The fourth-order valence-electron chi connectivity index (χ4n) is 4.93. The summed E-state index contributed by atoms with van der Waals surface area (Å²) in [6.45, 7) is 9.96. The average molecular weight is 509 g/mol. The second-order valence-corrected chi connectivity index (χ2v) is 9.70. The summed E-state index contributed by atoms with van der Waals surface area (Å²) in [5, 5.41) is 0. The van der Waals surface area contributed by atoms with E-state index in [0.29, 0.717) is 5.57 Å². The van der Waals surface area contributed by atoms with Crippen LogP contribution in [0.2, 0.25) is 0 Å². The molecule has 0 radical (unpaired) electrons. The van der Waals surface area contributed by atoms with Gasteiger partial charge >= 0.3 is 0 Å². The van der Waals surface area contributed by atoms with Crippen molar-refractivity contribution in [3.8, 4) is 11.1 Å². The Morgan fingerprint density at radius 2 is 1.10 bits per heavy atom. The third-order valence-electron chi connectivity index (χ3n) is 6.86. The predicted molar refractivity (Wildman–Crippen MR) is 164 cm³/mol. The number of aryl methyl sites for hydroxylation is 2. The molecule has 39 heavy (non-hydrogen) atoms. The van der Waals surface area contributed by atoms with Gasteiger partial charge in [0, 0.05) is 22.5 Å². The number of anilines is 5. The maximum absolute atomic E-state index is 14.0. The average Bonchev–Trinajstić information content (AvgIpc) is 2.97. The van der Waals surface area contributed by atoms with Gasteiger partial charge in [0.05, 0.1) is 17.1 Å². The first kappa shape index (κ1) is 25.7. The van der Waals surface area contributed by atoms with Crippen molar-refractivity contribution in [2.75, 3.05) is 9.80 Å². The zero-order valence-corrected chi connectivity index (χ0v) is 22.6. The largest absolute Gasteiger partial charge is 0.308 e. The van der Waals surface area contributed by atoms with Crippen molar-refractivity contribution in [1.82, 2.24) is 0 Å². The Balaban J connectivity index is 1.92. The lowest BCUT2D eigenvalue weighted by Gasteiger charge is -2.35. The molecule has 0 saturated carbocycles. The van der Waals surface area contributed by atoms with Crippen LogP contribution in [0.15, 0.2) is 140 Å². The molecule has 3 heteroatoms. The molecule has 0 saturated heterocycles. The van der Waals surface area contributed by atoms with Gasteiger partial charge in [0.25, 0.3) is 5.91 Å². The lowest BCUT2D eigenvalue weighted by Crippen LogP contribution is -2.29. The summed E-state index contributed by atoms with van der Waals surface area (Å²) in [7, 11) is 0. The number of amides is 1. The molecule has 0 unspecified atom stereocenters. The van der Waals surface area contributed by atoms with Gasteiger partial charge in [-0.05, 0) is 67.8 Å². The Bertz CT molecular complexity index is 1620. The third kappa shape index (κ3) is 5.12. The Kier molecular flexibility index (Phi) is 7.42. The molecule has 0 aliphatic heterocycles. The van der Waals surface area contributed by atoms with Gasteiger partial charge < -0.3 is 4.90 Å². The minimum atomic E-state index is -0.145. The minimum Gasteiger partial charge on any atom is -0.308 e. The smallest absolute Gasteiger partial charge is 0.257 e. The molecule has 0 aromatic heterocycles. The predicted octanol–water partition coefficient (Wildman–Crippen LogP) is 9.68. The standard InChI is InChI=1S/C36H32N2O/c1-26(2)36(39)38(33-24-14-12-17-28(33)4)34-25-15-22-31(29-18-7-5-8-19-29)35(34)37(30-20-9-6-10-21-30)32-23-13-11-16-27(32)3/h5-25H,1H2,2-4H3. The number of carbonyl (C=O) groups is 1. The van der Waals surface area contributed by atoms with E-state index in [2.05, 4.69) is 73.0 Å². The lowest BCUT2D eigenvalue weighted by atomic mass is 9.98. The van der Waals surface area contributed by atoms with Crippen LogP contribution in [0.25, 0.3) is 11.1 Å². The van der Waals surface area contributed by atoms with Gasteiger partial charge in [-0.25, -0.2) is 0 Å². The van der Waals surface area contributed by atoms with Crippen molar-refractivity contribution < 1.29 is 4.79 Å². The van der Waals surface area contributed by atoms with Crippen LogP contribution in [0.4, 0.5) is 28.4 Å². The SMILES string of the molecule is C=C(C)C(=O)N(c1ccccc1C)c1cccc(-c2ccccc2)c1N(c1ccccc1)c1ccccc1C. The summed E-state index contributed by atoms with van der Waals surface area (Å²) in [6.07, 6.45) is 0. The van der Waals surface area contributed by atoms with Crippen molar-refractivity contribution >= 4 is 34.3 Å². The number of benzene rings is 5. The first-order valence-electron chi connectivity index (χ1n) is 13.1. The van der Waals surface area contributed by atoms with E-state index in [0.717, 1.165) is 50.7 Å². The highest BCUT2D eigenvalue weighted by atomic mass is 16.2. The van der Waals surface area contributed by atoms with Crippen LogP contribution < -0.4 is 9.80 Å². The Labute approximate surface area is 231 Å². The maximum Gasteiger partial charge on any atom is 0.257 e. The molecular weight excluding hydrogens is 476 g/mol. The van der Waals surface area contributed by atoms with E-state index in [1.807, 2.05) is 84.6 Å². The molecule has 3 nitrogen and oxygen atoms in total. The highest BCUT2D eigenvalue weighted by Gasteiger charge is 2.29. The van der Waals surface area contributed by atoms with E-state index in [1.165, 1.54) is 0 Å². The highest BCUT2D eigenvalue weighted by molar-refractivity contribution is 6.14. The molecule has 0 atom stereocenters. The van der Waals surface area contributed by atoms with E-state index in [4.69, 9.17) is 0 Å². The van der Waals surface area contributed by atoms with E-state index in [1.54, 1.807) is 6.92 Å². The van der Waals surface area contributed by atoms with Crippen molar-refractivity contribution in [3.05, 3.63) is 151 Å². The van der Waals surface area contributed by atoms with Crippen molar-refractivity contribution in [1.29, 1.82) is 0 Å². The first-order valence-corrected chi connectivity index (χ1v) is 13.1. The Hall–Kier alpha value is -4.89. The fraction of sp³-hybridized carbons (Fsp3) is 0.0833. The van der Waals surface area contributed by atoms with Gasteiger partial charge in [0.15, 0.2) is 0 Å². The summed E-state index contributed by atoms with van der Waals surface area (Å²) in [5.41, 5.74) is 9.27. The Morgan fingerprint density at radius 3 is 1.69 bits per heavy atom. The second-order valence-electron chi connectivity index (χ2n) is 9.70. The highest BCUT2D eigenvalue weighted by Crippen LogP contribution is 2.49. The molecule has 1 amide bonds. The number of para-hydroxylation sites is 4. The zero-order chi connectivity index (χ0) is 27.4. The number of nitrogens with zero attached hydrogens (tertiary/aromatic N) is 2. The molecule has 5 rings (SSSR count). The van der Waals surface area contributed by atoms with Crippen molar-refractivity contribution in [2.45, 2.75) is 20.8 Å². The molecular formula is C36H32N2O. The van der Waals surface area contributed by atoms with Crippen LogP contribution in [0.5, 0.6) is 0 Å². The maximum atomic E-state index is 14.0. The van der Waals surface area contributed by atoms with Gasteiger partial charge in [-0.3, -0.25) is 9.69 Å². The first-order chi connectivity index (χ1) is 19.0. The van der Waals surface area contributed by atoms with Gasteiger partial charge in [-0.2, -0.15) is 0 Å². The monoisotopic (exact) mass is 508 g/mol. The van der Waals surface area contributed by atoms with Crippen molar-refractivity contribution in [3.63, 3.8) is 0 Å². The normalized spacial score (nSPS) is 10.6. The van der Waals surface area contributed by atoms with Crippen LogP contribution in [0.3, 0.4) is 0 Å². The number of rotatable bonds is 7. The molecule has 0 spiro atoms. The van der Waals surface area contributed by atoms with Gasteiger partial charge in [0.2, 0.25) is 0 Å². The van der Waals surface area contributed by atoms with E-state index >= 15 is 0 Å². The number of hydrogen-bond donors (Lipinski definition) is 0. The van der Waals surface area contributed by atoms with Crippen molar-refractivity contribution in [2.24, 2.45) is 0 Å². The third-order valence-corrected chi connectivity index (χ3v) is 6.86. The van der Waals surface area contributed by atoms with Crippen LogP contribution >= 0.6 is 0 Å². The fourth-order valence-corrected chi connectivity index (χ4v) is 4.93. The molecule has 5 aromatic carbocycles. The molecule has 0 heterocycles. The summed E-state index contributed by atoms with van der Waals surface area (Å²) in [6, 6.07) is 43.2. The zero-order valence-electron chi connectivity index (χ0n) is 22.6. The van der Waals surface area contributed by atoms with Crippen LogP contribution in [0.1, 0.15) is 18.1 Å². The van der Waals surface area contributed by atoms with Gasteiger partial charge in [-0.15, -0.1) is 0 Å². The second kappa shape index (κ2) is 11.2. The van der Waals surface area contributed by atoms with E-state index in [-0.39, 0.29) is 5.91 Å². The molecule has 192 valence electrons. The summed E-state index contributed by atoms with van der Waals surface area (Å²) in [4.78, 5) is 18.0. The van der Waals surface area contributed by atoms with Gasteiger partial charge in [0.1, 0.15) is 0 Å². The summed E-state index contributed by atoms with van der Waals surface area (Å²) < 4.78 is 0. The minimum absolute atomic E-state index is 0.145. The number of hydrogen-bond acceptors (Lipinski definition) is 2. The molecule has 0 bridgehead atoms. The van der Waals surface area contributed by atoms with Crippen LogP contribution in [0, 0.1) is 13.8 Å². The van der Waals surface area contributed by atoms with E-state index < -0.39 is 0 Å². The van der Waals surface area contributed by atoms with Crippen LogP contribution in [-0.4, -0.2) is 5.91 Å².